The van der Waals surface area contributed by atoms with Crippen molar-refractivity contribution in [2.24, 2.45) is 0 Å². The van der Waals surface area contributed by atoms with Gasteiger partial charge in [0, 0.05) is 13.0 Å². The average Bonchev–Trinajstić information content (AvgIpc) is 2.52. The van der Waals surface area contributed by atoms with E-state index in [0.717, 1.165) is 38.6 Å². The lowest BCUT2D eigenvalue weighted by atomic mass is 10.2. The van der Waals surface area contributed by atoms with Gasteiger partial charge in [-0.2, -0.15) is 0 Å². The molecule has 2 N–H and O–H groups in total. The molecule has 0 aromatic rings. The lowest BCUT2D eigenvalue weighted by Gasteiger charge is -2.04. The molecular weight excluding hydrogens is 278 g/mol. The number of aliphatic hydroxyl groups is 1. The summed E-state index contributed by atoms with van der Waals surface area (Å²) in [5.74, 6) is -0.0738. The standard InChI is InChI=1S/C18H35NO3/c1-2-3-4-5-6-7-8-12-17-22-18(21)13-10-9-11-14-19-15-16-20/h6-7,19-20H,2-5,8-17H2,1H3/b7-6+. The van der Waals surface area contributed by atoms with E-state index in [1.165, 1.54) is 25.7 Å². The monoisotopic (exact) mass is 313 g/mol. The molecule has 0 spiro atoms. The number of carbonyl (C=O) groups excluding carboxylic acids is 1. The zero-order valence-electron chi connectivity index (χ0n) is 14.3. The Bertz CT molecular complexity index is 267. The molecule has 0 radical (unpaired) electrons. The molecule has 130 valence electrons. The van der Waals surface area contributed by atoms with Crippen molar-refractivity contribution >= 4 is 5.97 Å². The first kappa shape index (κ1) is 21.1. The van der Waals surface area contributed by atoms with Crippen molar-refractivity contribution < 1.29 is 14.6 Å². The molecule has 0 atom stereocenters. The SMILES string of the molecule is CCCCC/C=C/CCCOC(=O)CCCCCNCCO. The number of esters is 1. The highest BCUT2D eigenvalue weighted by molar-refractivity contribution is 5.69. The summed E-state index contributed by atoms with van der Waals surface area (Å²) in [6, 6.07) is 0. The van der Waals surface area contributed by atoms with E-state index in [1.807, 2.05) is 0 Å². The molecule has 0 heterocycles. The lowest BCUT2D eigenvalue weighted by molar-refractivity contribution is -0.143. The highest BCUT2D eigenvalue weighted by Gasteiger charge is 2.01. The second kappa shape index (κ2) is 18.2. The van der Waals surface area contributed by atoms with Crippen molar-refractivity contribution in [2.45, 2.75) is 71.1 Å². The third-order valence-electron chi connectivity index (χ3n) is 3.44. The molecule has 0 saturated carbocycles. The summed E-state index contributed by atoms with van der Waals surface area (Å²) in [6.07, 6.45) is 14.8. The van der Waals surface area contributed by atoms with E-state index in [2.05, 4.69) is 24.4 Å². The van der Waals surface area contributed by atoms with Crippen molar-refractivity contribution in [3.05, 3.63) is 12.2 Å². The second-order valence-corrected chi connectivity index (χ2v) is 5.61. The quantitative estimate of drug-likeness (QED) is 0.260. The molecule has 0 amide bonds. The van der Waals surface area contributed by atoms with Crippen LogP contribution in [0.1, 0.15) is 71.1 Å². The van der Waals surface area contributed by atoms with Gasteiger partial charge in [0.25, 0.3) is 0 Å². The van der Waals surface area contributed by atoms with E-state index in [0.29, 0.717) is 19.6 Å². The minimum Gasteiger partial charge on any atom is -0.466 e. The molecular formula is C18H35NO3. The highest BCUT2D eigenvalue weighted by Crippen LogP contribution is 2.03. The van der Waals surface area contributed by atoms with Crippen molar-refractivity contribution in [3.63, 3.8) is 0 Å². The number of hydrogen-bond acceptors (Lipinski definition) is 4. The summed E-state index contributed by atoms with van der Waals surface area (Å²) in [6.45, 7) is 4.48. The van der Waals surface area contributed by atoms with Gasteiger partial charge in [-0.1, -0.05) is 38.3 Å². The van der Waals surface area contributed by atoms with Crippen LogP contribution in [0.15, 0.2) is 12.2 Å². The second-order valence-electron chi connectivity index (χ2n) is 5.61. The Morgan fingerprint density at radius 3 is 2.50 bits per heavy atom. The van der Waals surface area contributed by atoms with Gasteiger partial charge >= 0.3 is 5.97 Å². The summed E-state index contributed by atoms with van der Waals surface area (Å²) in [5, 5.41) is 11.7. The number of unbranched alkanes of at least 4 members (excludes halogenated alkanes) is 6. The largest absolute Gasteiger partial charge is 0.466 e. The van der Waals surface area contributed by atoms with Gasteiger partial charge in [-0.05, 0) is 45.1 Å². The first-order chi connectivity index (χ1) is 10.8. The number of aliphatic hydroxyl groups excluding tert-OH is 1. The molecule has 4 nitrogen and oxygen atoms in total. The van der Waals surface area contributed by atoms with Gasteiger partial charge in [0.15, 0.2) is 0 Å². The van der Waals surface area contributed by atoms with Crippen molar-refractivity contribution in [2.75, 3.05) is 26.3 Å². The van der Waals surface area contributed by atoms with E-state index in [9.17, 15) is 4.79 Å². The predicted molar refractivity (Wildman–Crippen MR) is 91.9 cm³/mol. The maximum atomic E-state index is 11.5. The van der Waals surface area contributed by atoms with Crippen LogP contribution in [0.4, 0.5) is 0 Å². The minimum atomic E-state index is -0.0738. The van der Waals surface area contributed by atoms with Crippen molar-refractivity contribution in [1.82, 2.24) is 5.32 Å². The van der Waals surface area contributed by atoms with Crippen LogP contribution >= 0.6 is 0 Å². The average molecular weight is 313 g/mol. The number of ether oxygens (including phenoxy) is 1. The fourth-order valence-electron chi connectivity index (χ4n) is 2.11. The van der Waals surface area contributed by atoms with Crippen LogP contribution in [-0.2, 0) is 9.53 Å². The molecule has 0 aromatic heterocycles. The first-order valence-electron chi connectivity index (χ1n) is 8.93. The fourth-order valence-corrected chi connectivity index (χ4v) is 2.11. The van der Waals surface area contributed by atoms with Crippen LogP contribution in [0.2, 0.25) is 0 Å². The molecule has 0 rings (SSSR count). The Morgan fingerprint density at radius 1 is 1.00 bits per heavy atom. The Labute approximate surface area is 136 Å². The molecule has 0 aliphatic rings. The third kappa shape index (κ3) is 17.2. The van der Waals surface area contributed by atoms with Gasteiger partial charge in [-0.25, -0.2) is 0 Å². The number of carbonyl (C=O) groups is 1. The minimum absolute atomic E-state index is 0.0738. The van der Waals surface area contributed by atoms with Gasteiger partial charge in [0.05, 0.1) is 13.2 Å². The van der Waals surface area contributed by atoms with Crippen LogP contribution in [0.5, 0.6) is 0 Å². The smallest absolute Gasteiger partial charge is 0.305 e. The molecule has 0 saturated heterocycles. The zero-order valence-corrected chi connectivity index (χ0v) is 14.3. The fraction of sp³-hybridized carbons (Fsp3) is 0.833. The molecule has 0 bridgehead atoms. The predicted octanol–water partition coefficient (Wildman–Crippen LogP) is 3.59. The molecule has 0 fully saturated rings. The normalized spacial score (nSPS) is 11.2. The summed E-state index contributed by atoms with van der Waals surface area (Å²) in [7, 11) is 0. The van der Waals surface area contributed by atoms with E-state index in [1.54, 1.807) is 0 Å². The van der Waals surface area contributed by atoms with E-state index < -0.39 is 0 Å². The van der Waals surface area contributed by atoms with Crippen LogP contribution in [0.3, 0.4) is 0 Å². The Balaban J connectivity index is 3.22. The molecule has 0 unspecified atom stereocenters. The number of hydrogen-bond donors (Lipinski definition) is 2. The van der Waals surface area contributed by atoms with Gasteiger partial charge in [0.2, 0.25) is 0 Å². The lowest BCUT2D eigenvalue weighted by Crippen LogP contribution is -2.19. The Kier molecular flexibility index (Phi) is 17.5. The van der Waals surface area contributed by atoms with Crippen LogP contribution < -0.4 is 5.32 Å². The van der Waals surface area contributed by atoms with E-state index in [-0.39, 0.29) is 12.6 Å². The number of nitrogens with one attached hydrogen (secondary N) is 1. The maximum Gasteiger partial charge on any atom is 0.305 e. The van der Waals surface area contributed by atoms with E-state index >= 15 is 0 Å². The Morgan fingerprint density at radius 2 is 1.77 bits per heavy atom. The topological polar surface area (TPSA) is 58.6 Å². The van der Waals surface area contributed by atoms with Crippen LogP contribution in [-0.4, -0.2) is 37.4 Å². The Hall–Kier alpha value is -0.870. The van der Waals surface area contributed by atoms with Gasteiger partial charge < -0.3 is 15.2 Å². The molecule has 0 aliphatic carbocycles. The van der Waals surface area contributed by atoms with Crippen molar-refractivity contribution in [1.29, 1.82) is 0 Å². The van der Waals surface area contributed by atoms with E-state index in [4.69, 9.17) is 9.84 Å². The first-order valence-corrected chi connectivity index (χ1v) is 8.93. The molecule has 0 aromatic carbocycles. The zero-order chi connectivity index (χ0) is 16.3. The summed E-state index contributed by atoms with van der Waals surface area (Å²) >= 11 is 0. The highest BCUT2D eigenvalue weighted by atomic mass is 16.5. The van der Waals surface area contributed by atoms with Gasteiger partial charge in [-0.15, -0.1) is 0 Å². The maximum absolute atomic E-state index is 11.5. The van der Waals surface area contributed by atoms with Gasteiger partial charge in [-0.3, -0.25) is 4.79 Å². The number of allylic oxidation sites excluding steroid dienone is 2. The van der Waals surface area contributed by atoms with Gasteiger partial charge in [0.1, 0.15) is 0 Å². The summed E-state index contributed by atoms with van der Waals surface area (Å²) < 4.78 is 5.21. The van der Waals surface area contributed by atoms with Crippen LogP contribution in [0, 0.1) is 0 Å². The molecule has 4 heteroatoms. The summed E-state index contributed by atoms with van der Waals surface area (Å²) in [5.41, 5.74) is 0. The summed E-state index contributed by atoms with van der Waals surface area (Å²) in [4.78, 5) is 11.5. The molecule has 0 aliphatic heterocycles. The number of rotatable bonds is 16. The molecule has 22 heavy (non-hydrogen) atoms. The van der Waals surface area contributed by atoms with Crippen molar-refractivity contribution in [3.8, 4) is 0 Å². The van der Waals surface area contributed by atoms with Crippen LogP contribution in [0.25, 0.3) is 0 Å². The third-order valence-corrected chi connectivity index (χ3v) is 3.44.